The zero-order chi connectivity index (χ0) is 8.67. The third kappa shape index (κ3) is 0.885. The molecule has 2 heterocycles. The lowest BCUT2D eigenvalue weighted by Crippen LogP contribution is -1.94. The van der Waals surface area contributed by atoms with Crippen molar-refractivity contribution in [1.29, 1.82) is 0 Å². The Kier molecular flexibility index (Phi) is 1.14. The first-order valence-corrected chi connectivity index (χ1v) is 4.00. The van der Waals surface area contributed by atoms with Crippen molar-refractivity contribution in [3.05, 3.63) is 36.7 Å². The Balaban J connectivity index is 2.57. The van der Waals surface area contributed by atoms with Gasteiger partial charge < -0.3 is 0 Å². The second-order valence-electron chi connectivity index (χ2n) is 2.77. The molecule has 0 spiro atoms. The summed E-state index contributed by atoms with van der Waals surface area (Å²) in [6.07, 6.45) is 3.48. The summed E-state index contributed by atoms with van der Waals surface area (Å²) in [7, 11) is 0. The van der Waals surface area contributed by atoms with E-state index in [9.17, 15) is 0 Å². The van der Waals surface area contributed by atoms with Gasteiger partial charge in [-0.1, -0.05) is 12.1 Å². The molecule has 0 aliphatic carbocycles. The van der Waals surface area contributed by atoms with E-state index in [0.717, 1.165) is 11.0 Å². The molecule has 0 fully saturated rings. The minimum Gasteiger partial charge on any atom is -0.218 e. The number of benzene rings is 1. The van der Waals surface area contributed by atoms with Crippen molar-refractivity contribution in [2.24, 2.45) is 0 Å². The Bertz CT molecular complexity index is 520. The molecule has 4 nitrogen and oxygen atoms in total. The number of aromatic nitrogens is 4. The molecule has 0 saturated carbocycles. The summed E-state index contributed by atoms with van der Waals surface area (Å²) in [5.41, 5.74) is 1.76. The monoisotopic (exact) mass is 170 g/mol. The Morgan fingerprint density at radius 3 is 2.85 bits per heavy atom. The first-order chi connectivity index (χ1) is 6.43. The van der Waals surface area contributed by atoms with Gasteiger partial charge in [-0.2, -0.15) is 5.10 Å². The first-order valence-electron chi connectivity index (χ1n) is 4.00. The Morgan fingerprint density at radius 2 is 1.92 bits per heavy atom. The van der Waals surface area contributed by atoms with Crippen LogP contribution in [-0.2, 0) is 0 Å². The molecule has 0 unspecified atom stereocenters. The van der Waals surface area contributed by atoms with Crippen molar-refractivity contribution >= 4 is 16.8 Å². The Labute approximate surface area is 73.9 Å². The van der Waals surface area contributed by atoms with Crippen molar-refractivity contribution in [2.45, 2.75) is 0 Å². The normalized spacial score (nSPS) is 11.1. The highest BCUT2D eigenvalue weighted by Crippen LogP contribution is 2.07. The Hall–Kier alpha value is -1.97. The molecule has 3 aromatic rings. The average Bonchev–Trinajstić information content (AvgIpc) is 2.61. The van der Waals surface area contributed by atoms with Crippen LogP contribution in [0.15, 0.2) is 36.7 Å². The molecule has 13 heavy (non-hydrogen) atoms. The van der Waals surface area contributed by atoms with E-state index in [-0.39, 0.29) is 0 Å². The summed E-state index contributed by atoms with van der Waals surface area (Å²) in [4.78, 5) is 8.39. The van der Waals surface area contributed by atoms with E-state index >= 15 is 0 Å². The summed E-state index contributed by atoms with van der Waals surface area (Å²) in [5.74, 6) is 0.638. The van der Waals surface area contributed by atoms with Crippen molar-refractivity contribution in [1.82, 2.24) is 19.6 Å². The molecule has 2 aromatic heterocycles. The lowest BCUT2D eigenvalue weighted by molar-refractivity contribution is 0.942. The van der Waals surface area contributed by atoms with Crippen LogP contribution in [0.25, 0.3) is 16.8 Å². The van der Waals surface area contributed by atoms with Crippen LogP contribution in [0.4, 0.5) is 0 Å². The molecule has 0 N–H and O–H groups in total. The summed E-state index contributed by atoms with van der Waals surface area (Å²) < 4.78 is 1.67. The lowest BCUT2D eigenvalue weighted by Gasteiger charge is -1.95. The van der Waals surface area contributed by atoms with Gasteiger partial charge in [-0.25, -0.2) is 14.5 Å². The standard InChI is InChI=1S/C9H6N4/c1-2-4-8-7(3-1)11-9-10-5-6-13(9)12-8/h1-6H. The molecule has 4 heteroatoms. The molecule has 3 rings (SSSR count). The molecule has 0 amide bonds. The molecule has 0 aliphatic heterocycles. The molecular formula is C9H6N4. The number of hydrogen-bond acceptors (Lipinski definition) is 3. The fourth-order valence-electron chi connectivity index (χ4n) is 1.31. The minimum absolute atomic E-state index is 0.638. The highest BCUT2D eigenvalue weighted by Gasteiger charge is 1.99. The predicted molar refractivity (Wildman–Crippen MR) is 48.3 cm³/mol. The molecule has 0 bridgehead atoms. The number of para-hydroxylation sites is 1. The maximum atomic E-state index is 4.33. The molecular weight excluding hydrogens is 164 g/mol. The van der Waals surface area contributed by atoms with Crippen LogP contribution in [0.1, 0.15) is 0 Å². The van der Waals surface area contributed by atoms with Gasteiger partial charge in [0, 0.05) is 6.20 Å². The largest absolute Gasteiger partial charge is 0.251 e. The van der Waals surface area contributed by atoms with Crippen LogP contribution in [0.2, 0.25) is 0 Å². The van der Waals surface area contributed by atoms with Gasteiger partial charge in [0.05, 0.1) is 11.7 Å². The summed E-state index contributed by atoms with van der Waals surface area (Å²) in [6.45, 7) is 0. The number of imidazole rings is 1. The maximum Gasteiger partial charge on any atom is 0.251 e. The van der Waals surface area contributed by atoms with E-state index < -0.39 is 0 Å². The van der Waals surface area contributed by atoms with Gasteiger partial charge in [-0.3, -0.25) is 0 Å². The highest BCUT2D eigenvalue weighted by atomic mass is 15.3. The summed E-state index contributed by atoms with van der Waals surface area (Å²) in [6, 6.07) is 7.75. The van der Waals surface area contributed by atoms with Gasteiger partial charge in [0.2, 0.25) is 0 Å². The Morgan fingerprint density at radius 1 is 1.08 bits per heavy atom. The number of hydrogen-bond donors (Lipinski definition) is 0. The third-order valence-electron chi connectivity index (χ3n) is 1.92. The van der Waals surface area contributed by atoms with E-state index in [1.807, 2.05) is 24.3 Å². The second kappa shape index (κ2) is 2.26. The molecule has 1 aromatic carbocycles. The van der Waals surface area contributed by atoms with Crippen LogP contribution in [0.5, 0.6) is 0 Å². The summed E-state index contributed by atoms with van der Waals surface area (Å²) in [5, 5.41) is 4.33. The fourth-order valence-corrected chi connectivity index (χ4v) is 1.31. The van der Waals surface area contributed by atoms with Crippen LogP contribution >= 0.6 is 0 Å². The van der Waals surface area contributed by atoms with E-state index in [0.29, 0.717) is 5.78 Å². The molecule has 0 atom stereocenters. The van der Waals surface area contributed by atoms with Crippen molar-refractivity contribution in [3.8, 4) is 0 Å². The van der Waals surface area contributed by atoms with Crippen LogP contribution < -0.4 is 0 Å². The van der Waals surface area contributed by atoms with E-state index in [2.05, 4.69) is 15.1 Å². The highest BCUT2D eigenvalue weighted by molar-refractivity contribution is 5.74. The zero-order valence-electron chi connectivity index (χ0n) is 6.75. The number of nitrogens with zero attached hydrogens (tertiary/aromatic N) is 4. The topological polar surface area (TPSA) is 43.1 Å². The van der Waals surface area contributed by atoms with E-state index in [1.165, 1.54) is 0 Å². The van der Waals surface area contributed by atoms with Crippen molar-refractivity contribution in [3.63, 3.8) is 0 Å². The quantitative estimate of drug-likeness (QED) is 0.510. The van der Waals surface area contributed by atoms with Gasteiger partial charge in [-0.15, -0.1) is 0 Å². The average molecular weight is 170 g/mol. The van der Waals surface area contributed by atoms with Crippen molar-refractivity contribution < 1.29 is 0 Å². The smallest absolute Gasteiger partial charge is 0.218 e. The van der Waals surface area contributed by atoms with Crippen LogP contribution in [-0.4, -0.2) is 19.6 Å². The zero-order valence-corrected chi connectivity index (χ0v) is 6.75. The first kappa shape index (κ1) is 6.54. The van der Waals surface area contributed by atoms with Crippen LogP contribution in [0.3, 0.4) is 0 Å². The van der Waals surface area contributed by atoms with Gasteiger partial charge >= 0.3 is 0 Å². The molecule has 0 saturated heterocycles. The van der Waals surface area contributed by atoms with Gasteiger partial charge in [0.25, 0.3) is 5.78 Å². The minimum atomic E-state index is 0.638. The molecule has 0 radical (unpaired) electrons. The molecule has 62 valence electrons. The summed E-state index contributed by atoms with van der Waals surface area (Å²) >= 11 is 0. The molecule has 0 aliphatic rings. The lowest BCUT2D eigenvalue weighted by atomic mass is 10.3. The third-order valence-corrected chi connectivity index (χ3v) is 1.92. The van der Waals surface area contributed by atoms with Crippen LogP contribution in [0, 0.1) is 0 Å². The number of rotatable bonds is 0. The fraction of sp³-hybridized carbons (Fsp3) is 0. The maximum absolute atomic E-state index is 4.33. The van der Waals surface area contributed by atoms with Gasteiger partial charge in [0.15, 0.2) is 0 Å². The van der Waals surface area contributed by atoms with E-state index in [4.69, 9.17) is 0 Å². The van der Waals surface area contributed by atoms with Gasteiger partial charge in [-0.05, 0) is 12.1 Å². The SMILES string of the molecule is c1ccc2nn3ccnc3nc2c1. The number of fused-ring (bicyclic) bond motifs is 2. The van der Waals surface area contributed by atoms with Gasteiger partial charge in [0.1, 0.15) is 5.52 Å². The predicted octanol–water partition coefficient (Wildman–Crippen LogP) is 1.28. The van der Waals surface area contributed by atoms with E-state index in [1.54, 1.807) is 16.9 Å². The second-order valence-corrected chi connectivity index (χ2v) is 2.77. The van der Waals surface area contributed by atoms with Crippen molar-refractivity contribution in [2.75, 3.05) is 0 Å².